The Balaban J connectivity index is 1.82. The van der Waals surface area contributed by atoms with Gasteiger partial charge < -0.3 is 14.8 Å². The van der Waals surface area contributed by atoms with E-state index in [1.54, 1.807) is 17.7 Å². The highest BCUT2D eigenvalue weighted by molar-refractivity contribution is 5.89. The average molecular weight is 467 g/mol. The summed E-state index contributed by atoms with van der Waals surface area (Å²) in [6.07, 6.45) is 0.252. The Bertz CT molecular complexity index is 1190. The number of esters is 2. The van der Waals surface area contributed by atoms with E-state index >= 15 is 0 Å². The Hall–Kier alpha value is -3.42. The summed E-state index contributed by atoms with van der Waals surface area (Å²) in [6, 6.07) is 11.3. The fourth-order valence-corrected chi connectivity index (χ4v) is 3.32. The Morgan fingerprint density at radius 3 is 2.41 bits per heavy atom. The first-order chi connectivity index (χ1) is 15.9. The van der Waals surface area contributed by atoms with E-state index in [4.69, 9.17) is 14.6 Å². The fourth-order valence-electron chi connectivity index (χ4n) is 3.32. The monoisotopic (exact) mass is 466 g/mol. The molecule has 0 amide bonds. The lowest BCUT2D eigenvalue weighted by Gasteiger charge is -2.19. The van der Waals surface area contributed by atoms with E-state index in [0.29, 0.717) is 24.7 Å². The molecule has 2 heterocycles. The molecule has 0 atom stereocenters. The van der Waals surface area contributed by atoms with Gasteiger partial charge in [-0.25, -0.2) is 14.5 Å². The van der Waals surface area contributed by atoms with Gasteiger partial charge in [-0.1, -0.05) is 20.8 Å². The smallest absolute Gasteiger partial charge is 0.357 e. The van der Waals surface area contributed by atoms with Gasteiger partial charge in [-0.3, -0.25) is 4.79 Å². The van der Waals surface area contributed by atoms with Crippen molar-refractivity contribution in [2.75, 3.05) is 18.5 Å². The first kappa shape index (κ1) is 25.2. The number of rotatable bonds is 7. The minimum absolute atomic E-state index is 0.217. The molecule has 8 nitrogen and oxygen atoms in total. The van der Waals surface area contributed by atoms with Gasteiger partial charge in [0, 0.05) is 17.3 Å². The number of ether oxygens (including phenoxy) is 2. The van der Waals surface area contributed by atoms with Crippen LogP contribution in [-0.4, -0.2) is 45.5 Å². The molecule has 1 aromatic carbocycles. The standard InChI is InChI=1S/C26H34N4O4/c1-8-33-24(32)20-16-21(25(2,3)4)29-30(20)18-10-11-19-17(15-18)9-12-22(28-19)27-14-13-23(31)34-26(5,6)7/h9-12,15-16H,8,13-14H2,1-7H3,(H,27,28). The molecule has 0 saturated heterocycles. The van der Waals surface area contributed by atoms with Crippen LogP contribution in [0.15, 0.2) is 36.4 Å². The Kier molecular flexibility index (Phi) is 7.29. The second-order valence-corrected chi connectivity index (χ2v) is 10.1. The molecular weight excluding hydrogens is 432 g/mol. The third-order valence-electron chi connectivity index (χ3n) is 4.93. The maximum atomic E-state index is 12.6. The zero-order valence-corrected chi connectivity index (χ0v) is 21.1. The van der Waals surface area contributed by atoms with E-state index in [0.717, 1.165) is 22.3 Å². The van der Waals surface area contributed by atoms with Crippen LogP contribution in [0, 0.1) is 0 Å². The Morgan fingerprint density at radius 1 is 1.03 bits per heavy atom. The summed E-state index contributed by atoms with van der Waals surface area (Å²) < 4.78 is 12.2. The molecular formula is C26H34N4O4. The van der Waals surface area contributed by atoms with Gasteiger partial charge in [0.05, 0.1) is 29.9 Å². The van der Waals surface area contributed by atoms with Crippen LogP contribution >= 0.6 is 0 Å². The largest absolute Gasteiger partial charge is 0.461 e. The predicted molar refractivity (Wildman–Crippen MR) is 132 cm³/mol. The lowest BCUT2D eigenvalue weighted by atomic mass is 9.92. The van der Waals surface area contributed by atoms with Crippen LogP contribution in [0.4, 0.5) is 5.82 Å². The summed E-state index contributed by atoms with van der Waals surface area (Å²) in [4.78, 5) is 29.1. The quantitative estimate of drug-likeness (QED) is 0.488. The molecule has 0 fully saturated rings. The molecule has 0 aliphatic rings. The van der Waals surface area contributed by atoms with Gasteiger partial charge in [0.2, 0.25) is 0 Å². The summed E-state index contributed by atoms with van der Waals surface area (Å²) in [5.41, 5.74) is 2.01. The normalized spacial score (nSPS) is 12.0. The van der Waals surface area contributed by atoms with E-state index < -0.39 is 11.6 Å². The predicted octanol–water partition coefficient (Wildman–Crippen LogP) is 5.04. The molecule has 34 heavy (non-hydrogen) atoms. The van der Waals surface area contributed by atoms with Gasteiger partial charge >= 0.3 is 11.9 Å². The highest BCUT2D eigenvalue weighted by Gasteiger charge is 2.24. The first-order valence-electron chi connectivity index (χ1n) is 11.5. The number of hydrogen-bond donors (Lipinski definition) is 1. The molecule has 0 bridgehead atoms. The van der Waals surface area contributed by atoms with Crippen LogP contribution in [0.2, 0.25) is 0 Å². The maximum absolute atomic E-state index is 12.6. The van der Waals surface area contributed by atoms with Gasteiger partial charge in [-0.2, -0.15) is 5.10 Å². The number of benzene rings is 1. The third kappa shape index (κ3) is 6.34. The molecule has 1 N–H and O–H groups in total. The van der Waals surface area contributed by atoms with Gasteiger partial charge in [0.25, 0.3) is 0 Å². The number of pyridine rings is 1. The fraction of sp³-hybridized carbons (Fsp3) is 0.462. The number of hydrogen-bond acceptors (Lipinski definition) is 7. The molecule has 0 unspecified atom stereocenters. The number of carbonyl (C=O) groups excluding carboxylic acids is 2. The summed E-state index contributed by atoms with van der Waals surface area (Å²) in [6.45, 7) is 14.2. The number of nitrogens with zero attached hydrogens (tertiary/aromatic N) is 3. The maximum Gasteiger partial charge on any atom is 0.357 e. The van der Waals surface area contributed by atoms with Crippen molar-refractivity contribution in [3.05, 3.63) is 47.8 Å². The highest BCUT2D eigenvalue weighted by Crippen LogP contribution is 2.26. The van der Waals surface area contributed by atoms with E-state index in [1.165, 1.54) is 0 Å². The summed E-state index contributed by atoms with van der Waals surface area (Å²) in [5, 5.41) is 8.77. The van der Waals surface area contributed by atoms with E-state index in [-0.39, 0.29) is 17.8 Å². The molecule has 2 aromatic heterocycles. The van der Waals surface area contributed by atoms with Crippen LogP contribution in [0.5, 0.6) is 0 Å². The van der Waals surface area contributed by atoms with E-state index in [2.05, 4.69) is 31.1 Å². The molecule has 8 heteroatoms. The minimum Gasteiger partial charge on any atom is -0.461 e. The minimum atomic E-state index is -0.495. The van der Waals surface area contributed by atoms with Crippen molar-refractivity contribution in [1.29, 1.82) is 0 Å². The number of aromatic nitrogens is 3. The van der Waals surface area contributed by atoms with Gasteiger partial charge in [-0.05, 0) is 64.1 Å². The van der Waals surface area contributed by atoms with Gasteiger partial charge in [-0.15, -0.1) is 0 Å². The highest BCUT2D eigenvalue weighted by atomic mass is 16.6. The first-order valence-corrected chi connectivity index (χ1v) is 11.5. The summed E-state index contributed by atoms with van der Waals surface area (Å²) >= 11 is 0. The second-order valence-electron chi connectivity index (χ2n) is 10.1. The zero-order chi connectivity index (χ0) is 25.1. The van der Waals surface area contributed by atoms with Gasteiger partial charge in [0.15, 0.2) is 5.69 Å². The molecule has 0 radical (unpaired) electrons. The van der Waals surface area contributed by atoms with E-state index in [9.17, 15) is 9.59 Å². The van der Waals surface area contributed by atoms with Crippen molar-refractivity contribution in [1.82, 2.24) is 14.8 Å². The van der Waals surface area contributed by atoms with Crippen LogP contribution in [0.25, 0.3) is 16.6 Å². The van der Waals surface area contributed by atoms with Crippen molar-refractivity contribution in [3.63, 3.8) is 0 Å². The number of carbonyl (C=O) groups is 2. The van der Waals surface area contributed by atoms with Crippen molar-refractivity contribution in [3.8, 4) is 5.69 Å². The lowest BCUT2D eigenvalue weighted by molar-refractivity contribution is -0.154. The molecule has 0 aliphatic carbocycles. The number of anilines is 1. The Labute approximate surface area is 200 Å². The molecule has 182 valence electrons. The number of nitrogens with one attached hydrogen (secondary N) is 1. The summed E-state index contributed by atoms with van der Waals surface area (Å²) in [7, 11) is 0. The average Bonchev–Trinajstić information content (AvgIpc) is 3.18. The molecule has 0 aliphatic heterocycles. The van der Waals surface area contributed by atoms with Crippen LogP contribution in [-0.2, 0) is 19.7 Å². The van der Waals surface area contributed by atoms with Crippen molar-refractivity contribution in [2.45, 2.75) is 65.9 Å². The topological polar surface area (TPSA) is 95.3 Å². The molecule has 3 rings (SSSR count). The van der Waals surface area contributed by atoms with Crippen molar-refractivity contribution < 1.29 is 19.1 Å². The summed E-state index contributed by atoms with van der Waals surface area (Å²) in [5.74, 6) is 0.00932. The van der Waals surface area contributed by atoms with Crippen LogP contribution in [0.1, 0.15) is 71.1 Å². The van der Waals surface area contributed by atoms with Gasteiger partial charge in [0.1, 0.15) is 11.4 Å². The second kappa shape index (κ2) is 9.83. The van der Waals surface area contributed by atoms with Crippen molar-refractivity contribution >= 4 is 28.7 Å². The molecule has 0 spiro atoms. The van der Waals surface area contributed by atoms with Crippen LogP contribution < -0.4 is 5.32 Å². The Morgan fingerprint density at radius 2 is 1.76 bits per heavy atom. The lowest BCUT2D eigenvalue weighted by Crippen LogP contribution is -2.25. The van der Waals surface area contributed by atoms with E-state index in [1.807, 2.05) is 51.1 Å². The van der Waals surface area contributed by atoms with Crippen molar-refractivity contribution in [2.24, 2.45) is 0 Å². The molecule has 3 aromatic rings. The van der Waals surface area contributed by atoms with Crippen LogP contribution in [0.3, 0.4) is 0 Å². The third-order valence-corrected chi connectivity index (χ3v) is 4.93. The SMILES string of the molecule is CCOC(=O)c1cc(C(C)(C)C)nn1-c1ccc2nc(NCCC(=O)OC(C)(C)C)ccc2c1. The number of fused-ring (bicyclic) bond motifs is 1. The molecule has 0 saturated carbocycles. The zero-order valence-electron chi connectivity index (χ0n) is 21.1.